The Morgan fingerprint density at radius 1 is 1.29 bits per heavy atom. The van der Waals surface area contributed by atoms with E-state index >= 15 is 0 Å². The third-order valence-electron chi connectivity index (χ3n) is 4.03. The molecule has 3 rings (SSSR count). The zero-order valence-electron chi connectivity index (χ0n) is 13.9. The van der Waals surface area contributed by atoms with Crippen molar-refractivity contribution in [2.75, 3.05) is 16.8 Å². The maximum Gasteiger partial charge on any atom is 0.280 e. The molecule has 0 fully saturated rings. The molecular formula is C18H19N3O3. The van der Waals surface area contributed by atoms with E-state index < -0.39 is 17.4 Å². The van der Waals surface area contributed by atoms with E-state index in [9.17, 15) is 9.59 Å². The summed E-state index contributed by atoms with van der Waals surface area (Å²) in [6.07, 6.45) is 1.65. The van der Waals surface area contributed by atoms with Gasteiger partial charge in [0.05, 0.1) is 5.69 Å². The summed E-state index contributed by atoms with van der Waals surface area (Å²) < 4.78 is 5.79. The summed E-state index contributed by atoms with van der Waals surface area (Å²) in [6, 6.07) is 10.7. The molecule has 1 aliphatic heterocycles. The second-order valence-electron chi connectivity index (χ2n) is 5.83. The van der Waals surface area contributed by atoms with Gasteiger partial charge in [-0.3, -0.25) is 9.59 Å². The first-order chi connectivity index (χ1) is 11.5. The molecule has 1 aromatic heterocycles. The number of fused-ring (bicyclic) bond motifs is 1. The van der Waals surface area contributed by atoms with Gasteiger partial charge in [0.2, 0.25) is 0 Å². The van der Waals surface area contributed by atoms with Crippen LogP contribution in [0.25, 0.3) is 0 Å². The molecule has 0 aliphatic carbocycles. The number of ether oxygens (including phenoxy) is 1. The lowest BCUT2D eigenvalue weighted by molar-refractivity contribution is -0.145. The van der Waals surface area contributed by atoms with E-state index in [4.69, 9.17) is 4.74 Å². The van der Waals surface area contributed by atoms with E-state index in [1.807, 2.05) is 32.0 Å². The Bertz CT molecular complexity index is 788. The van der Waals surface area contributed by atoms with Crippen LogP contribution in [-0.2, 0) is 9.59 Å². The molecule has 2 heterocycles. The second kappa shape index (κ2) is 5.96. The fraction of sp³-hybridized carbons (Fsp3) is 0.278. The monoisotopic (exact) mass is 325 g/mol. The molecule has 6 heteroatoms. The van der Waals surface area contributed by atoms with Gasteiger partial charge in [-0.05, 0) is 44.5 Å². The molecule has 24 heavy (non-hydrogen) atoms. The smallest absolute Gasteiger partial charge is 0.280 e. The van der Waals surface area contributed by atoms with Crippen molar-refractivity contribution < 1.29 is 14.3 Å². The summed E-state index contributed by atoms with van der Waals surface area (Å²) in [5.74, 6) is -0.0521. The van der Waals surface area contributed by atoms with E-state index in [1.165, 1.54) is 6.92 Å². The van der Waals surface area contributed by atoms with Crippen molar-refractivity contribution in [2.24, 2.45) is 0 Å². The SMILES string of the molecule is CCN1C(=O)C(C)(C(=O)Nc2ccc(C)cn2)Oc2ccccc21. The van der Waals surface area contributed by atoms with Crippen molar-refractivity contribution in [2.45, 2.75) is 26.4 Å². The van der Waals surface area contributed by atoms with Gasteiger partial charge in [0.1, 0.15) is 11.6 Å². The van der Waals surface area contributed by atoms with Crippen molar-refractivity contribution in [3.63, 3.8) is 0 Å². The fourth-order valence-corrected chi connectivity index (χ4v) is 2.63. The lowest BCUT2D eigenvalue weighted by atomic mass is 10.00. The molecule has 0 spiro atoms. The first-order valence-electron chi connectivity index (χ1n) is 7.80. The summed E-state index contributed by atoms with van der Waals surface area (Å²) in [5, 5.41) is 2.66. The molecule has 1 atom stereocenters. The van der Waals surface area contributed by atoms with Crippen LogP contribution in [0.3, 0.4) is 0 Å². The lowest BCUT2D eigenvalue weighted by Gasteiger charge is -2.39. The van der Waals surface area contributed by atoms with Crippen molar-refractivity contribution in [1.29, 1.82) is 0 Å². The number of aromatic nitrogens is 1. The number of carbonyl (C=O) groups excluding carboxylic acids is 2. The normalized spacial score (nSPS) is 19.5. The highest BCUT2D eigenvalue weighted by molar-refractivity contribution is 6.19. The number of amides is 2. The molecule has 0 bridgehead atoms. The molecule has 2 aromatic rings. The molecule has 2 amide bonds. The van der Waals surface area contributed by atoms with Crippen LogP contribution in [0.5, 0.6) is 5.75 Å². The average Bonchev–Trinajstić information content (AvgIpc) is 2.58. The Morgan fingerprint density at radius 2 is 2.04 bits per heavy atom. The van der Waals surface area contributed by atoms with Gasteiger partial charge in [-0.2, -0.15) is 0 Å². The van der Waals surface area contributed by atoms with Crippen LogP contribution in [-0.4, -0.2) is 28.9 Å². The average molecular weight is 325 g/mol. The molecule has 1 unspecified atom stereocenters. The maximum atomic E-state index is 12.8. The molecule has 124 valence electrons. The van der Waals surface area contributed by atoms with Gasteiger partial charge in [-0.1, -0.05) is 18.2 Å². The van der Waals surface area contributed by atoms with Crippen molar-refractivity contribution in [1.82, 2.24) is 4.98 Å². The Morgan fingerprint density at radius 3 is 2.71 bits per heavy atom. The quantitative estimate of drug-likeness (QED) is 0.880. The Labute approximate surface area is 140 Å². The van der Waals surface area contributed by atoms with Gasteiger partial charge in [0, 0.05) is 12.7 Å². The first kappa shape index (κ1) is 16.0. The number of carbonyl (C=O) groups is 2. The van der Waals surface area contributed by atoms with Gasteiger partial charge in [-0.25, -0.2) is 4.98 Å². The number of anilines is 2. The summed E-state index contributed by atoms with van der Waals surface area (Å²) in [4.78, 5) is 31.3. The largest absolute Gasteiger partial charge is 0.465 e. The number of nitrogens with zero attached hydrogens (tertiary/aromatic N) is 2. The Hall–Kier alpha value is -2.89. The third-order valence-corrected chi connectivity index (χ3v) is 4.03. The van der Waals surface area contributed by atoms with Crippen LogP contribution in [0.4, 0.5) is 11.5 Å². The molecule has 6 nitrogen and oxygen atoms in total. The van der Waals surface area contributed by atoms with E-state index in [-0.39, 0.29) is 0 Å². The van der Waals surface area contributed by atoms with Crippen LogP contribution >= 0.6 is 0 Å². The van der Waals surface area contributed by atoms with Crippen LogP contribution < -0.4 is 15.0 Å². The predicted octanol–water partition coefficient (Wildman–Crippen LogP) is 2.53. The van der Waals surface area contributed by atoms with Crippen LogP contribution in [0.15, 0.2) is 42.6 Å². The molecule has 0 saturated carbocycles. The van der Waals surface area contributed by atoms with Crippen molar-refractivity contribution in [3.8, 4) is 5.75 Å². The van der Waals surface area contributed by atoms with Gasteiger partial charge < -0.3 is 15.0 Å². The number of likely N-dealkylation sites (N-methyl/N-ethyl adjacent to an activating group) is 1. The van der Waals surface area contributed by atoms with E-state index in [0.29, 0.717) is 23.8 Å². The summed E-state index contributed by atoms with van der Waals surface area (Å²) in [5.41, 5.74) is 0.00994. The van der Waals surface area contributed by atoms with E-state index in [1.54, 1.807) is 29.3 Å². The minimum absolute atomic E-state index is 0.380. The number of hydrogen-bond acceptors (Lipinski definition) is 4. The summed E-state index contributed by atoms with van der Waals surface area (Å²) in [6.45, 7) is 5.70. The van der Waals surface area contributed by atoms with Crippen molar-refractivity contribution >= 4 is 23.3 Å². The minimum atomic E-state index is -1.64. The molecular weight excluding hydrogens is 306 g/mol. The molecule has 0 radical (unpaired) electrons. The summed E-state index contributed by atoms with van der Waals surface area (Å²) >= 11 is 0. The number of pyridine rings is 1. The number of benzene rings is 1. The van der Waals surface area contributed by atoms with Gasteiger partial charge >= 0.3 is 0 Å². The highest BCUT2D eigenvalue weighted by atomic mass is 16.5. The van der Waals surface area contributed by atoms with Crippen molar-refractivity contribution in [3.05, 3.63) is 48.2 Å². The van der Waals surface area contributed by atoms with Crippen LogP contribution in [0.2, 0.25) is 0 Å². The molecule has 0 saturated heterocycles. The highest BCUT2D eigenvalue weighted by Gasteiger charge is 2.50. The molecule has 1 N–H and O–H groups in total. The topological polar surface area (TPSA) is 71.5 Å². The number of aryl methyl sites for hydroxylation is 1. The lowest BCUT2D eigenvalue weighted by Crippen LogP contribution is -2.60. The number of hydrogen-bond donors (Lipinski definition) is 1. The van der Waals surface area contributed by atoms with E-state index in [0.717, 1.165) is 5.56 Å². The highest BCUT2D eigenvalue weighted by Crippen LogP contribution is 2.37. The summed E-state index contributed by atoms with van der Waals surface area (Å²) in [7, 11) is 0. The number of nitrogens with one attached hydrogen (secondary N) is 1. The minimum Gasteiger partial charge on any atom is -0.465 e. The van der Waals surface area contributed by atoms with Gasteiger partial charge in [0.15, 0.2) is 0 Å². The number of rotatable bonds is 3. The van der Waals surface area contributed by atoms with Crippen LogP contribution in [0, 0.1) is 6.92 Å². The number of para-hydroxylation sites is 2. The predicted molar refractivity (Wildman–Crippen MR) is 91.1 cm³/mol. The standard InChI is InChI=1S/C18H19N3O3/c1-4-21-13-7-5-6-8-14(13)24-18(3,17(21)23)16(22)20-15-10-9-12(2)11-19-15/h5-11H,4H2,1-3H3,(H,19,20,22). The molecule has 1 aliphatic rings. The Balaban J connectivity index is 1.92. The third kappa shape index (κ3) is 2.60. The first-order valence-corrected chi connectivity index (χ1v) is 7.80. The van der Waals surface area contributed by atoms with Gasteiger partial charge in [-0.15, -0.1) is 0 Å². The zero-order valence-corrected chi connectivity index (χ0v) is 13.9. The molecule has 1 aromatic carbocycles. The van der Waals surface area contributed by atoms with E-state index in [2.05, 4.69) is 10.3 Å². The Kier molecular flexibility index (Phi) is 3.97. The maximum absolute atomic E-state index is 12.8. The second-order valence-corrected chi connectivity index (χ2v) is 5.83. The fourth-order valence-electron chi connectivity index (χ4n) is 2.63. The van der Waals surface area contributed by atoms with Crippen LogP contribution in [0.1, 0.15) is 19.4 Å². The van der Waals surface area contributed by atoms with Gasteiger partial charge in [0.25, 0.3) is 17.4 Å². The zero-order chi connectivity index (χ0) is 17.3.